The molecule has 1 aliphatic carbocycles. The molecule has 0 aliphatic heterocycles. The molecule has 3 N–H and O–H groups in total. The van der Waals surface area contributed by atoms with Crippen molar-refractivity contribution < 1.29 is 4.74 Å². The standard InChI is InChI=1S/C16H21N3OS/c1-2-20-13-7-12(9-18-10-13)16(19-17)15-8-11-5-3-4-6-14(11)21-15/h7-10,16,19H,2-6,17H2,1H3. The minimum atomic E-state index is -0.0199. The van der Waals surface area contributed by atoms with Gasteiger partial charge in [0.05, 0.1) is 18.8 Å². The summed E-state index contributed by atoms with van der Waals surface area (Å²) < 4.78 is 5.53. The van der Waals surface area contributed by atoms with Crippen molar-refractivity contribution in [2.24, 2.45) is 5.84 Å². The van der Waals surface area contributed by atoms with E-state index in [2.05, 4.69) is 16.5 Å². The summed E-state index contributed by atoms with van der Waals surface area (Å²) in [7, 11) is 0. The monoisotopic (exact) mass is 303 g/mol. The molecule has 2 aromatic heterocycles. The van der Waals surface area contributed by atoms with Crippen LogP contribution in [0.2, 0.25) is 0 Å². The fraction of sp³-hybridized carbons (Fsp3) is 0.438. The van der Waals surface area contributed by atoms with Crippen LogP contribution >= 0.6 is 11.3 Å². The van der Waals surface area contributed by atoms with Crippen LogP contribution in [0.1, 0.15) is 46.7 Å². The minimum absolute atomic E-state index is 0.0199. The lowest BCUT2D eigenvalue weighted by molar-refractivity contribution is 0.338. The van der Waals surface area contributed by atoms with E-state index in [1.807, 2.05) is 30.5 Å². The Morgan fingerprint density at radius 1 is 1.33 bits per heavy atom. The number of aryl methyl sites for hydroxylation is 2. The Hall–Kier alpha value is -1.43. The van der Waals surface area contributed by atoms with Crippen molar-refractivity contribution in [3.63, 3.8) is 0 Å². The molecule has 0 spiro atoms. The summed E-state index contributed by atoms with van der Waals surface area (Å²) in [6, 6.07) is 4.30. The van der Waals surface area contributed by atoms with Crippen LogP contribution in [0.25, 0.3) is 0 Å². The molecular formula is C16H21N3OS. The molecule has 2 aromatic rings. The highest BCUT2D eigenvalue weighted by atomic mass is 32.1. The molecule has 0 bridgehead atoms. The molecule has 1 unspecified atom stereocenters. The van der Waals surface area contributed by atoms with Crippen LogP contribution < -0.4 is 16.0 Å². The van der Waals surface area contributed by atoms with Gasteiger partial charge in [-0.3, -0.25) is 10.8 Å². The number of hydrazine groups is 1. The van der Waals surface area contributed by atoms with E-state index in [0.717, 1.165) is 11.3 Å². The minimum Gasteiger partial charge on any atom is -0.492 e. The van der Waals surface area contributed by atoms with Crippen LogP contribution in [0, 0.1) is 0 Å². The second kappa shape index (κ2) is 6.56. The molecule has 3 rings (SSSR count). The SMILES string of the molecule is CCOc1cncc(C(NN)c2cc3c(s2)CCCC3)c1. The highest BCUT2D eigenvalue weighted by molar-refractivity contribution is 7.12. The normalized spacial score (nSPS) is 15.5. The zero-order valence-corrected chi connectivity index (χ0v) is 13.1. The summed E-state index contributed by atoms with van der Waals surface area (Å²) in [4.78, 5) is 7.05. The Morgan fingerprint density at radius 3 is 2.95 bits per heavy atom. The van der Waals surface area contributed by atoms with Gasteiger partial charge in [-0.1, -0.05) is 0 Å². The van der Waals surface area contributed by atoms with Crippen molar-refractivity contribution >= 4 is 11.3 Å². The number of thiophene rings is 1. The van der Waals surface area contributed by atoms with Crippen LogP contribution in [0.15, 0.2) is 24.5 Å². The summed E-state index contributed by atoms with van der Waals surface area (Å²) in [6.07, 6.45) is 8.58. The van der Waals surface area contributed by atoms with E-state index in [-0.39, 0.29) is 6.04 Å². The lowest BCUT2D eigenvalue weighted by Crippen LogP contribution is -2.28. The third-order valence-corrected chi connectivity index (χ3v) is 5.15. The first kappa shape index (κ1) is 14.5. The van der Waals surface area contributed by atoms with Gasteiger partial charge in [0.15, 0.2) is 0 Å². The molecule has 112 valence electrons. The first-order valence-electron chi connectivity index (χ1n) is 7.47. The van der Waals surface area contributed by atoms with Crippen LogP contribution in [0.4, 0.5) is 0 Å². The summed E-state index contributed by atoms with van der Waals surface area (Å²) in [5.41, 5.74) is 5.47. The van der Waals surface area contributed by atoms with Crippen molar-refractivity contribution in [1.29, 1.82) is 0 Å². The van der Waals surface area contributed by atoms with Crippen molar-refractivity contribution in [1.82, 2.24) is 10.4 Å². The molecule has 21 heavy (non-hydrogen) atoms. The molecule has 1 aliphatic rings. The van der Waals surface area contributed by atoms with Crippen LogP contribution in [-0.2, 0) is 12.8 Å². The van der Waals surface area contributed by atoms with Crippen molar-refractivity contribution in [3.8, 4) is 5.75 Å². The first-order chi connectivity index (χ1) is 10.3. The first-order valence-corrected chi connectivity index (χ1v) is 8.28. The lowest BCUT2D eigenvalue weighted by atomic mass is 9.98. The molecule has 0 radical (unpaired) electrons. The number of aromatic nitrogens is 1. The number of nitrogens with zero attached hydrogens (tertiary/aromatic N) is 1. The predicted octanol–water partition coefficient (Wildman–Crippen LogP) is 2.97. The van der Waals surface area contributed by atoms with Crippen LogP contribution in [0.5, 0.6) is 5.75 Å². The molecule has 4 nitrogen and oxygen atoms in total. The number of nitrogens with two attached hydrogens (primary N) is 1. The molecule has 0 saturated carbocycles. The maximum atomic E-state index is 5.81. The van der Waals surface area contributed by atoms with Crippen LogP contribution in [0.3, 0.4) is 0 Å². The molecule has 0 aromatic carbocycles. The quantitative estimate of drug-likeness (QED) is 0.658. The van der Waals surface area contributed by atoms with Crippen molar-refractivity contribution in [3.05, 3.63) is 45.4 Å². The Balaban J connectivity index is 1.90. The van der Waals surface area contributed by atoms with Gasteiger partial charge in [-0.15, -0.1) is 11.3 Å². The average molecular weight is 303 g/mol. The van der Waals surface area contributed by atoms with Gasteiger partial charge in [0, 0.05) is 16.0 Å². The number of pyridine rings is 1. The smallest absolute Gasteiger partial charge is 0.137 e. The fourth-order valence-corrected chi connectivity index (χ4v) is 4.18. The molecular weight excluding hydrogens is 282 g/mol. The summed E-state index contributed by atoms with van der Waals surface area (Å²) in [5.74, 6) is 6.60. The van der Waals surface area contributed by atoms with Gasteiger partial charge in [-0.2, -0.15) is 0 Å². The largest absolute Gasteiger partial charge is 0.492 e. The maximum Gasteiger partial charge on any atom is 0.137 e. The number of ether oxygens (including phenoxy) is 1. The van der Waals surface area contributed by atoms with Gasteiger partial charge >= 0.3 is 0 Å². The highest BCUT2D eigenvalue weighted by Crippen LogP contribution is 2.35. The molecule has 5 heteroatoms. The molecule has 0 amide bonds. The number of hydrogen-bond donors (Lipinski definition) is 2. The molecule has 1 atom stereocenters. The highest BCUT2D eigenvalue weighted by Gasteiger charge is 2.20. The van der Waals surface area contributed by atoms with Gasteiger partial charge in [0.2, 0.25) is 0 Å². The molecule has 2 heterocycles. The Morgan fingerprint density at radius 2 is 2.19 bits per heavy atom. The maximum absolute atomic E-state index is 5.81. The number of fused-ring (bicyclic) bond motifs is 1. The summed E-state index contributed by atoms with van der Waals surface area (Å²) in [5, 5.41) is 0. The van der Waals surface area contributed by atoms with Gasteiger partial charge < -0.3 is 4.74 Å². The molecule has 0 saturated heterocycles. The number of rotatable bonds is 5. The number of nitrogens with one attached hydrogen (secondary N) is 1. The van der Waals surface area contributed by atoms with E-state index in [4.69, 9.17) is 10.6 Å². The second-order valence-corrected chi connectivity index (χ2v) is 6.46. The number of hydrogen-bond acceptors (Lipinski definition) is 5. The Bertz CT molecular complexity index is 588. The second-order valence-electron chi connectivity index (χ2n) is 5.29. The third kappa shape index (κ3) is 3.10. The average Bonchev–Trinajstić information content (AvgIpc) is 2.92. The zero-order chi connectivity index (χ0) is 14.7. The Labute approximate surface area is 129 Å². The van der Waals surface area contributed by atoms with Gasteiger partial charge in [0.1, 0.15) is 5.75 Å². The summed E-state index contributed by atoms with van der Waals surface area (Å²) in [6.45, 7) is 2.61. The fourth-order valence-electron chi connectivity index (χ4n) is 2.84. The van der Waals surface area contributed by atoms with Crippen LogP contribution in [-0.4, -0.2) is 11.6 Å². The van der Waals surface area contributed by atoms with Crippen molar-refractivity contribution in [2.75, 3.05) is 6.61 Å². The molecule has 0 fully saturated rings. The van der Waals surface area contributed by atoms with E-state index in [9.17, 15) is 0 Å². The third-order valence-electron chi connectivity index (χ3n) is 3.85. The lowest BCUT2D eigenvalue weighted by Gasteiger charge is -2.15. The Kier molecular flexibility index (Phi) is 4.53. The van der Waals surface area contributed by atoms with E-state index < -0.39 is 0 Å². The van der Waals surface area contributed by atoms with Crippen molar-refractivity contribution in [2.45, 2.75) is 38.6 Å². The van der Waals surface area contributed by atoms with E-state index in [0.29, 0.717) is 6.61 Å². The van der Waals surface area contributed by atoms with Gasteiger partial charge in [-0.05, 0) is 55.9 Å². The van der Waals surface area contributed by atoms with E-state index in [1.54, 1.807) is 6.20 Å². The van der Waals surface area contributed by atoms with E-state index in [1.165, 1.54) is 41.0 Å². The predicted molar refractivity (Wildman–Crippen MR) is 85.5 cm³/mol. The summed E-state index contributed by atoms with van der Waals surface area (Å²) >= 11 is 1.87. The van der Waals surface area contributed by atoms with Gasteiger partial charge in [0.25, 0.3) is 0 Å². The topological polar surface area (TPSA) is 60.2 Å². The van der Waals surface area contributed by atoms with E-state index >= 15 is 0 Å². The zero-order valence-electron chi connectivity index (χ0n) is 12.3. The van der Waals surface area contributed by atoms with Gasteiger partial charge in [-0.25, -0.2) is 5.43 Å².